The maximum Gasteiger partial charge on any atom is 0.288 e. The van der Waals surface area contributed by atoms with Gasteiger partial charge in [0.2, 0.25) is 5.84 Å². The van der Waals surface area contributed by atoms with Gasteiger partial charge in [0.25, 0.3) is 11.8 Å². The maximum atomic E-state index is 12.4. The van der Waals surface area contributed by atoms with Crippen molar-refractivity contribution in [3.8, 4) is 0 Å². The van der Waals surface area contributed by atoms with E-state index in [9.17, 15) is 9.59 Å². The largest absolute Gasteiger partial charge is 0.469 e. The van der Waals surface area contributed by atoms with Gasteiger partial charge >= 0.3 is 0 Å². The number of rotatable bonds is 5. The van der Waals surface area contributed by atoms with E-state index >= 15 is 0 Å². The number of amidine groups is 1. The lowest BCUT2D eigenvalue weighted by atomic mass is 10.2. The minimum atomic E-state index is -0.358. The normalized spacial score (nSPS) is 15.4. The molecule has 0 radical (unpaired) electrons. The van der Waals surface area contributed by atoms with Crippen LogP contribution in [0.3, 0.4) is 0 Å². The van der Waals surface area contributed by atoms with Crippen LogP contribution < -0.4 is 15.8 Å². The molecule has 1 aromatic heterocycles. The highest BCUT2D eigenvalue weighted by Gasteiger charge is 2.26. The van der Waals surface area contributed by atoms with Crippen molar-refractivity contribution >= 4 is 23.3 Å². The van der Waals surface area contributed by atoms with E-state index in [2.05, 4.69) is 15.7 Å². The fraction of sp³-hybridized carbons (Fsp3) is 0.278. The zero-order valence-corrected chi connectivity index (χ0v) is 14.2. The topological polar surface area (TPSA) is 86.9 Å². The van der Waals surface area contributed by atoms with E-state index in [4.69, 9.17) is 4.42 Å². The number of aliphatic imine (C=N–C) groups is 1. The molecule has 1 atom stereocenters. The van der Waals surface area contributed by atoms with Gasteiger partial charge in [0, 0.05) is 12.5 Å². The Morgan fingerprint density at radius 3 is 2.80 bits per heavy atom. The summed E-state index contributed by atoms with van der Waals surface area (Å²) in [6.45, 7) is 3.78. The number of amides is 2. The molecule has 0 bridgehead atoms. The van der Waals surface area contributed by atoms with Gasteiger partial charge in [0.05, 0.1) is 12.0 Å². The molecule has 0 saturated heterocycles. The Morgan fingerprint density at radius 1 is 1.36 bits per heavy atom. The molecule has 25 heavy (non-hydrogen) atoms. The third kappa shape index (κ3) is 4.06. The Labute approximate surface area is 145 Å². The van der Waals surface area contributed by atoms with Crippen molar-refractivity contribution in [3.05, 3.63) is 54.0 Å². The van der Waals surface area contributed by atoms with Gasteiger partial charge < -0.3 is 9.73 Å². The van der Waals surface area contributed by atoms with Gasteiger partial charge in [-0.2, -0.15) is 0 Å². The van der Waals surface area contributed by atoms with Crippen molar-refractivity contribution in [2.24, 2.45) is 4.99 Å². The highest BCUT2D eigenvalue weighted by molar-refractivity contribution is 6.39. The van der Waals surface area contributed by atoms with Gasteiger partial charge in [-0.3, -0.25) is 20.0 Å². The number of hydrogen-bond acceptors (Lipinski definition) is 5. The van der Waals surface area contributed by atoms with Crippen molar-refractivity contribution < 1.29 is 14.0 Å². The molecule has 2 amide bonds. The van der Waals surface area contributed by atoms with Crippen molar-refractivity contribution in [1.29, 1.82) is 0 Å². The lowest BCUT2D eigenvalue weighted by Gasteiger charge is -2.28. The molecule has 130 valence electrons. The van der Waals surface area contributed by atoms with Crippen LogP contribution in [0.4, 0.5) is 5.69 Å². The Kier molecular flexibility index (Phi) is 4.83. The molecule has 1 aliphatic rings. The zero-order valence-electron chi connectivity index (χ0n) is 14.2. The third-order valence-corrected chi connectivity index (χ3v) is 3.81. The summed E-state index contributed by atoms with van der Waals surface area (Å²) in [5.74, 6) is 0.335. The Balaban J connectivity index is 1.64. The van der Waals surface area contributed by atoms with Crippen molar-refractivity contribution in [2.75, 3.05) is 11.6 Å². The second-order valence-corrected chi connectivity index (χ2v) is 6.00. The maximum absolute atomic E-state index is 12.4. The molecule has 7 heteroatoms. The second kappa shape index (κ2) is 7.21. The first kappa shape index (κ1) is 16.8. The number of nitrogens with zero attached hydrogens (tertiary/aromatic N) is 2. The summed E-state index contributed by atoms with van der Waals surface area (Å²) in [6.07, 6.45) is 2.17. The average molecular weight is 340 g/mol. The lowest BCUT2D eigenvalue weighted by Crippen LogP contribution is -2.56. The third-order valence-electron chi connectivity index (χ3n) is 3.81. The van der Waals surface area contributed by atoms with Crippen molar-refractivity contribution in [3.63, 3.8) is 0 Å². The summed E-state index contributed by atoms with van der Waals surface area (Å²) in [4.78, 5) is 28.5. The SMILES string of the molecule is Cc1ccc(N2NC(C(=O)N[C@H](C)Cc3ccco3)=NCC2=O)cc1. The molecular formula is C18H20N4O3. The number of nitrogens with one attached hydrogen (secondary N) is 2. The van der Waals surface area contributed by atoms with Gasteiger partial charge in [0.15, 0.2) is 0 Å². The second-order valence-electron chi connectivity index (χ2n) is 6.00. The summed E-state index contributed by atoms with van der Waals surface area (Å²) in [6, 6.07) is 11.0. The van der Waals surface area contributed by atoms with Crippen LogP contribution in [-0.4, -0.2) is 30.2 Å². The average Bonchev–Trinajstić information content (AvgIpc) is 3.09. The number of aryl methyl sites for hydroxylation is 1. The van der Waals surface area contributed by atoms with Crippen LogP contribution in [0, 0.1) is 6.92 Å². The quantitative estimate of drug-likeness (QED) is 0.865. The standard InChI is InChI=1S/C18H20N4O3/c1-12-5-7-14(8-6-12)22-16(23)11-19-17(21-22)18(24)20-13(2)10-15-4-3-9-25-15/h3-9,13H,10-11H2,1-2H3,(H,19,21)(H,20,24)/t13-/m1/s1. The number of carbonyl (C=O) groups is 2. The number of furan rings is 1. The van der Waals surface area contributed by atoms with Crippen LogP contribution in [0.5, 0.6) is 0 Å². The van der Waals surface area contributed by atoms with Crippen LogP contribution >= 0.6 is 0 Å². The Bertz CT molecular complexity index is 781. The smallest absolute Gasteiger partial charge is 0.288 e. The molecule has 7 nitrogen and oxygen atoms in total. The van der Waals surface area contributed by atoms with Gasteiger partial charge in [-0.1, -0.05) is 17.7 Å². The highest BCUT2D eigenvalue weighted by atomic mass is 16.3. The monoisotopic (exact) mass is 340 g/mol. The summed E-state index contributed by atoms with van der Waals surface area (Å²) in [5, 5.41) is 4.20. The van der Waals surface area contributed by atoms with E-state index in [0.717, 1.165) is 11.3 Å². The van der Waals surface area contributed by atoms with Gasteiger partial charge in [0.1, 0.15) is 12.3 Å². The molecule has 3 rings (SSSR count). The fourth-order valence-electron chi connectivity index (χ4n) is 2.52. The number of carbonyl (C=O) groups excluding carboxylic acids is 2. The van der Waals surface area contributed by atoms with Crippen LogP contribution in [0.2, 0.25) is 0 Å². The number of benzene rings is 1. The van der Waals surface area contributed by atoms with Crippen LogP contribution in [-0.2, 0) is 16.0 Å². The molecule has 0 aliphatic carbocycles. The van der Waals surface area contributed by atoms with Gasteiger partial charge in [-0.25, -0.2) is 5.01 Å². The first-order valence-corrected chi connectivity index (χ1v) is 8.07. The fourth-order valence-corrected chi connectivity index (χ4v) is 2.52. The van der Waals surface area contributed by atoms with E-state index in [0.29, 0.717) is 12.1 Å². The molecule has 0 unspecified atom stereocenters. The van der Waals surface area contributed by atoms with Gasteiger partial charge in [-0.15, -0.1) is 0 Å². The Hall–Kier alpha value is -3.09. The van der Waals surface area contributed by atoms with Crippen molar-refractivity contribution in [1.82, 2.24) is 10.7 Å². The number of hydrazine groups is 1. The van der Waals surface area contributed by atoms with Gasteiger partial charge in [-0.05, 0) is 38.1 Å². The van der Waals surface area contributed by atoms with E-state index in [1.54, 1.807) is 6.26 Å². The number of hydrogen-bond donors (Lipinski definition) is 2. The molecule has 0 fully saturated rings. The lowest BCUT2D eigenvalue weighted by molar-refractivity contribution is -0.118. The highest BCUT2D eigenvalue weighted by Crippen LogP contribution is 2.15. The van der Waals surface area contributed by atoms with E-state index in [1.807, 2.05) is 50.2 Å². The summed E-state index contributed by atoms with van der Waals surface area (Å²) in [7, 11) is 0. The van der Waals surface area contributed by atoms with E-state index in [1.165, 1.54) is 5.01 Å². The number of anilines is 1. The molecule has 2 aromatic rings. The molecule has 2 heterocycles. The molecule has 0 spiro atoms. The molecule has 0 saturated carbocycles. The summed E-state index contributed by atoms with van der Waals surface area (Å²) < 4.78 is 5.28. The van der Waals surface area contributed by atoms with Crippen LogP contribution in [0.25, 0.3) is 0 Å². The molecule has 1 aliphatic heterocycles. The minimum absolute atomic E-state index is 0.0732. The zero-order chi connectivity index (χ0) is 17.8. The first-order chi connectivity index (χ1) is 12.0. The summed E-state index contributed by atoms with van der Waals surface area (Å²) >= 11 is 0. The Morgan fingerprint density at radius 2 is 2.12 bits per heavy atom. The van der Waals surface area contributed by atoms with Crippen LogP contribution in [0.15, 0.2) is 52.1 Å². The van der Waals surface area contributed by atoms with E-state index in [-0.39, 0.29) is 30.2 Å². The summed E-state index contributed by atoms with van der Waals surface area (Å²) in [5.41, 5.74) is 4.56. The van der Waals surface area contributed by atoms with E-state index < -0.39 is 0 Å². The van der Waals surface area contributed by atoms with Crippen molar-refractivity contribution in [2.45, 2.75) is 26.3 Å². The van der Waals surface area contributed by atoms with Crippen LogP contribution in [0.1, 0.15) is 18.2 Å². The molecule has 2 N–H and O–H groups in total. The minimum Gasteiger partial charge on any atom is -0.469 e. The first-order valence-electron chi connectivity index (χ1n) is 8.07. The predicted octanol–water partition coefficient (Wildman–Crippen LogP) is 1.59. The predicted molar refractivity (Wildman–Crippen MR) is 94.1 cm³/mol. The molecule has 1 aromatic carbocycles. The molecular weight excluding hydrogens is 320 g/mol.